The average molecular weight is 436 g/mol. The van der Waals surface area contributed by atoms with E-state index in [1.807, 2.05) is 29.2 Å². The van der Waals surface area contributed by atoms with Crippen molar-refractivity contribution in [3.8, 4) is 17.0 Å². The molecule has 7 heteroatoms. The molecule has 1 fully saturated rings. The average Bonchev–Trinajstić information content (AvgIpc) is 3.29. The first kappa shape index (κ1) is 19.8. The highest BCUT2D eigenvalue weighted by atomic mass is 35.5. The molecular formula is C24H22ClN3O3. The summed E-state index contributed by atoms with van der Waals surface area (Å²) < 4.78 is 5.43. The van der Waals surface area contributed by atoms with Crippen molar-refractivity contribution in [2.24, 2.45) is 0 Å². The van der Waals surface area contributed by atoms with Crippen LogP contribution in [-0.2, 0) is 11.2 Å². The molecule has 2 aromatic carbocycles. The fourth-order valence-electron chi connectivity index (χ4n) is 4.30. The van der Waals surface area contributed by atoms with Gasteiger partial charge >= 0.3 is 0 Å². The molecule has 1 saturated heterocycles. The number of Topliss-reactive ketones (excluding diaryl/α,β-unsaturated/α-hetero) is 1. The van der Waals surface area contributed by atoms with Gasteiger partial charge in [-0.15, -0.1) is 0 Å². The molecule has 31 heavy (non-hydrogen) atoms. The van der Waals surface area contributed by atoms with Gasteiger partial charge in [0.25, 0.3) is 5.91 Å². The number of hydrogen-bond acceptors (Lipinski definition) is 4. The van der Waals surface area contributed by atoms with Gasteiger partial charge in [0, 0.05) is 52.8 Å². The fourth-order valence-corrected chi connectivity index (χ4v) is 4.43. The maximum absolute atomic E-state index is 13.0. The number of rotatable bonds is 3. The van der Waals surface area contributed by atoms with Crippen LogP contribution in [0.3, 0.4) is 0 Å². The van der Waals surface area contributed by atoms with Crippen molar-refractivity contribution >= 4 is 23.3 Å². The summed E-state index contributed by atoms with van der Waals surface area (Å²) in [6.45, 7) is 1.48. The molecule has 6 nitrogen and oxygen atoms in total. The minimum atomic E-state index is 0.00531. The molecule has 2 aliphatic rings. The molecule has 2 aliphatic heterocycles. The quantitative estimate of drug-likeness (QED) is 0.667. The predicted molar refractivity (Wildman–Crippen MR) is 118 cm³/mol. The third-order valence-corrected chi connectivity index (χ3v) is 6.30. The van der Waals surface area contributed by atoms with Crippen molar-refractivity contribution in [2.45, 2.75) is 25.2 Å². The Kier molecular flexibility index (Phi) is 5.24. The van der Waals surface area contributed by atoms with E-state index < -0.39 is 0 Å². The van der Waals surface area contributed by atoms with Crippen LogP contribution in [0.2, 0.25) is 5.02 Å². The second-order valence-electron chi connectivity index (χ2n) is 8.11. The standard InChI is InChI=1S/C24H22ClN3O3/c25-19-4-1-15(2-5-19)21-13-22(27-26-21)16-7-9-28(10-8-16)24(30)17-3-6-23-18(11-17)12-20(29)14-31-23/h1-6,11,13,16H,7-10,12,14H2,(H,26,27). The van der Waals surface area contributed by atoms with Crippen molar-refractivity contribution in [1.29, 1.82) is 0 Å². The van der Waals surface area contributed by atoms with E-state index in [4.69, 9.17) is 16.3 Å². The van der Waals surface area contributed by atoms with E-state index in [9.17, 15) is 9.59 Å². The molecule has 0 spiro atoms. The van der Waals surface area contributed by atoms with E-state index in [1.54, 1.807) is 18.2 Å². The van der Waals surface area contributed by atoms with Gasteiger partial charge in [0.2, 0.25) is 0 Å². The lowest BCUT2D eigenvalue weighted by atomic mass is 9.92. The maximum atomic E-state index is 13.0. The van der Waals surface area contributed by atoms with Crippen LogP contribution in [-0.4, -0.2) is 46.5 Å². The van der Waals surface area contributed by atoms with Gasteiger partial charge in [-0.05, 0) is 49.2 Å². The smallest absolute Gasteiger partial charge is 0.253 e. The lowest BCUT2D eigenvalue weighted by Crippen LogP contribution is -2.38. The lowest BCUT2D eigenvalue weighted by molar-refractivity contribution is -0.121. The summed E-state index contributed by atoms with van der Waals surface area (Å²) >= 11 is 5.97. The van der Waals surface area contributed by atoms with Gasteiger partial charge in [-0.2, -0.15) is 5.10 Å². The summed E-state index contributed by atoms with van der Waals surface area (Å²) in [5, 5.41) is 8.33. The zero-order chi connectivity index (χ0) is 21.4. The highest BCUT2D eigenvalue weighted by Gasteiger charge is 2.27. The minimum Gasteiger partial charge on any atom is -0.486 e. The molecule has 1 aromatic heterocycles. The number of aromatic nitrogens is 2. The van der Waals surface area contributed by atoms with Crippen LogP contribution >= 0.6 is 11.6 Å². The molecule has 0 unspecified atom stereocenters. The summed E-state index contributed by atoms with van der Waals surface area (Å²) in [4.78, 5) is 26.5. The monoisotopic (exact) mass is 435 g/mol. The SMILES string of the molecule is O=C1COc2ccc(C(=O)N3CCC(c4cc(-c5ccc(Cl)cc5)n[nH]4)CC3)cc2C1. The van der Waals surface area contributed by atoms with Crippen molar-refractivity contribution in [2.75, 3.05) is 19.7 Å². The van der Waals surface area contributed by atoms with Crippen molar-refractivity contribution in [3.05, 3.63) is 70.4 Å². The van der Waals surface area contributed by atoms with Gasteiger partial charge in [0.05, 0.1) is 5.69 Å². The van der Waals surface area contributed by atoms with Crippen molar-refractivity contribution in [3.63, 3.8) is 0 Å². The van der Waals surface area contributed by atoms with Crippen LogP contribution in [0, 0.1) is 0 Å². The number of carbonyl (C=O) groups is 2. The van der Waals surface area contributed by atoms with E-state index >= 15 is 0 Å². The van der Waals surface area contributed by atoms with E-state index in [2.05, 4.69) is 16.3 Å². The van der Waals surface area contributed by atoms with Crippen molar-refractivity contribution < 1.29 is 14.3 Å². The predicted octanol–water partition coefficient (Wildman–Crippen LogP) is 4.25. The molecule has 1 N–H and O–H groups in total. The van der Waals surface area contributed by atoms with Crippen LogP contribution in [0.5, 0.6) is 5.75 Å². The van der Waals surface area contributed by atoms with E-state index in [0.717, 1.165) is 35.4 Å². The number of aromatic amines is 1. The Balaban J connectivity index is 1.24. The zero-order valence-corrected chi connectivity index (χ0v) is 17.7. The third-order valence-electron chi connectivity index (χ3n) is 6.04. The number of fused-ring (bicyclic) bond motifs is 1. The fraction of sp³-hybridized carbons (Fsp3) is 0.292. The number of benzene rings is 2. The number of nitrogens with zero attached hydrogens (tertiary/aromatic N) is 2. The number of hydrogen-bond donors (Lipinski definition) is 1. The number of nitrogens with one attached hydrogen (secondary N) is 1. The summed E-state index contributed by atoms with van der Waals surface area (Å²) in [5.74, 6) is 1.08. The van der Waals surface area contributed by atoms with Gasteiger partial charge in [-0.1, -0.05) is 23.7 Å². The molecule has 0 saturated carbocycles. The van der Waals surface area contributed by atoms with Crippen LogP contribution < -0.4 is 4.74 Å². The molecule has 3 aromatic rings. The molecule has 158 valence electrons. The Morgan fingerprint density at radius 1 is 1.10 bits per heavy atom. The normalized spacial score (nSPS) is 16.7. The Morgan fingerprint density at radius 2 is 1.87 bits per heavy atom. The number of likely N-dealkylation sites (tertiary alicyclic amines) is 1. The molecule has 1 amide bonds. The first-order chi connectivity index (χ1) is 15.1. The van der Waals surface area contributed by atoms with E-state index in [1.165, 1.54) is 0 Å². The van der Waals surface area contributed by atoms with Gasteiger partial charge in [0.1, 0.15) is 12.4 Å². The topological polar surface area (TPSA) is 75.3 Å². The summed E-state index contributed by atoms with van der Waals surface area (Å²) in [6.07, 6.45) is 2.08. The lowest BCUT2D eigenvalue weighted by Gasteiger charge is -2.31. The Morgan fingerprint density at radius 3 is 2.65 bits per heavy atom. The Bertz CT molecular complexity index is 1130. The van der Waals surface area contributed by atoms with Gasteiger partial charge < -0.3 is 9.64 Å². The van der Waals surface area contributed by atoms with E-state index in [-0.39, 0.29) is 18.3 Å². The highest BCUT2D eigenvalue weighted by Crippen LogP contribution is 2.31. The minimum absolute atomic E-state index is 0.00531. The molecule has 0 atom stereocenters. The van der Waals surface area contributed by atoms with Gasteiger partial charge in [0.15, 0.2) is 5.78 Å². The molecule has 5 rings (SSSR count). The van der Waals surface area contributed by atoms with Crippen molar-refractivity contribution in [1.82, 2.24) is 15.1 Å². The second kappa shape index (κ2) is 8.19. The molecule has 0 aliphatic carbocycles. The maximum Gasteiger partial charge on any atom is 0.253 e. The van der Waals surface area contributed by atoms with Gasteiger partial charge in [-0.25, -0.2) is 0 Å². The zero-order valence-electron chi connectivity index (χ0n) is 16.9. The number of piperidine rings is 1. The number of amides is 1. The summed E-state index contributed by atoms with van der Waals surface area (Å²) in [5.41, 5.74) is 4.43. The third kappa shape index (κ3) is 4.08. The van der Waals surface area contributed by atoms with Crippen LogP contribution in [0.4, 0.5) is 0 Å². The Labute approximate surface area is 185 Å². The molecule has 3 heterocycles. The number of halogens is 1. The second-order valence-corrected chi connectivity index (χ2v) is 8.54. The summed E-state index contributed by atoms with van der Waals surface area (Å²) in [7, 11) is 0. The molecular weight excluding hydrogens is 414 g/mol. The molecule has 0 bridgehead atoms. The largest absolute Gasteiger partial charge is 0.486 e. The van der Waals surface area contributed by atoms with Crippen LogP contribution in [0.1, 0.15) is 40.4 Å². The van der Waals surface area contributed by atoms with Crippen LogP contribution in [0.15, 0.2) is 48.5 Å². The summed E-state index contributed by atoms with van der Waals surface area (Å²) in [6, 6.07) is 15.1. The van der Waals surface area contributed by atoms with Crippen LogP contribution in [0.25, 0.3) is 11.3 Å². The van der Waals surface area contributed by atoms with Gasteiger partial charge in [-0.3, -0.25) is 14.7 Å². The first-order valence-corrected chi connectivity index (χ1v) is 10.8. The number of ketones is 1. The Hall–Kier alpha value is -3.12. The number of carbonyl (C=O) groups excluding carboxylic acids is 2. The molecule has 0 radical (unpaired) electrons. The first-order valence-electron chi connectivity index (χ1n) is 10.4. The number of ether oxygens (including phenoxy) is 1. The van der Waals surface area contributed by atoms with E-state index in [0.29, 0.717) is 41.8 Å². The highest BCUT2D eigenvalue weighted by molar-refractivity contribution is 6.30. The number of H-pyrrole nitrogens is 1.